The standard InChI is InChI=1S/C17H26N2O2S/c1-3-13-11-16(22-12(13)2)17(21)19-9-7-18(8-10-19)14-5-4-6-15(14)20/h11,14-15,20H,3-10H2,1-2H3/t14-,15-/m0/s1. The van der Waals surface area contributed by atoms with E-state index in [1.54, 1.807) is 11.3 Å². The Balaban J connectivity index is 1.59. The number of carbonyl (C=O) groups is 1. The van der Waals surface area contributed by atoms with E-state index < -0.39 is 0 Å². The number of rotatable bonds is 3. The highest BCUT2D eigenvalue weighted by atomic mass is 32.1. The number of hydrogen-bond donors (Lipinski definition) is 1. The van der Waals surface area contributed by atoms with Crippen LogP contribution in [-0.2, 0) is 6.42 Å². The van der Waals surface area contributed by atoms with E-state index in [0.717, 1.165) is 56.7 Å². The Labute approximate surface area is 136 Å². The van der Waals surface area contributed by atoms with E-state index in [2.05, 4.69) is 24.8 Å². The molecule has 1 amide bonds. The van der Waals surface area contributed by atoms with Gasteiger partial charge in [0.25, 0.3) is 5.91 Å². The van der Waals surface area contributed by atoms with Crippen LogP contribution in [0, 0.1) is 6.92 Å². The van der Waals surface area contributed by atoms with Crippen molar-refractivity contribution in [3.63, 3.8) is 0 Å². The number of aliphatic hydroxyl groups is 1. The Kier molecular flexibility index (Phi) is 4.85. The summed E-state index contributed by atoms with van der Waals surface area (Å²) in [6.45, 7) is 7.56. The fraction of sp³-hybridized carbons (Fsp3) is 0.706. The van der Waals surface area contributed by atoms with Crippen LogP contribution in [0.15, 0.2) is 6.07 Å². The van der Waals surface area contributed by atoms with Crippen LogP contribution in [0.3, 0.4) is 0 Å². The highest BCUT2D eigenvalue weighted by Crippen LogP contribution is 2.27. The zero-order valence-electron chi connectivity index (χ0n) is 13.5. The van der Waals surface area contributed by atoms with Gasteiger partial charge in [0.05, 0.1) is 11.0 Å². The summed E-state index contributed by atoms with van der Waals surface area (Å²) in [5.74, 6) is 0.180. The molecular formula is C17H26N2O2S. The van der Waals surface area contributed by atoms with Gasteiger partial charge in [-0.15, -0.1) is 11.3 Å². The van der Waals surface area contributed by atoms with Gasteiger partial charge in [-0.3, -0.25) is 9.69 Å². The van der Waals surface area contributed by atoms with Gasteiger partial charge in [-0.2, -0.15) is 0 Å². The van der Waals surface area contributed by atoms with Gasteiger partial charge in [0, 0.05) is 37.1 Å². The summed E-state index contributed by atoms with van der Waals surface area (Å²) in [5.41, 5.74) is 1.29. The molecule has 1 aliphatic heterocycles. The van der Waals surface area contributed by atoms with Gasteiger partial charge in [0.2, 0.25) is 0 Å². The Morgan fingerprint density at radius 1 is 1.32 bits per heavy atom. The second-order valence-corrected chi connectivity index (χ2v) is 7.70. The minimum atomic E-state index is -0.172. The second-order valence-electron chi connectivity index (χ2n) is 6.44. The third-order valence-corrected chi connectivity index (χ3v) is 6.21. The van der Waals surface area contributed by atoms with Gasteiger partial charge in [0.15, 0.2) is 0 Å². The van der Waals surface area contributed by atoms with E-state index in [-0.39, 0.29) is 12.0 Å². The lowest BCUT2D eigenvalue weighted by molar-refractivity contribution is 0.0318. The lowest BCUT2D eigenvalue weighted by atomic mass is 10.1. The van der Waals surface area contributed by atoms with Gasteiger partial charge < -0.3 is 10.0 Å². The van der Waals surface area contributed by atoms with Crippen LogP contribution in [0.25, 0.3) is 0 Å². The SMILES string of the molecule is CCc1cc(C(=O)N2CCN([C@H]3CCC[C@@H]3O)CC2)sc1C. The summed E-state index contributed by atoms with van der Waals surface area (Å²) in [5, 5.41) is 10.0. The van der Waals surface area contributed by atoms with E-state index in [1.165, 1.54) is 10.4 Å². The molecule has 3 rings (SSSR count). The van der Waals surface area contributed by atoms with Crippen molar-refractivity contribution in [1.29, 1.82) is 0 Å². The number of thiophene rings is 1. The van der Waals surface area contributed by atoms with E-state index >= 15 is 0 Å². The molecule has 2 atom stereocenters. The molecule has 122 valence electrons. The van der Waals surface area contributed by atoms with Crippen LogP contribution >= 0.6 is 11.3 Å². The monoisotopic (exact) mass is 322 g/mol. The summed E-state index contributed by atoms with van der Waals surface area (Å²) in [6, 6.07) is 2.38. The zero-order valence-corrected chi connectivity index (χ0v) is 14.4. The van der Waals surface area contributed by atoms with Crippen LogP contribution < -0.4 is 0 Å². The van der Waals surface area contributed by atoms with Crippen LogP contribution in [-0.4, -0.2) is 59.1 Å². The summed E-state index contributed by atoms with van der Waals surface area (Å²) < 4.78 is 0. The van der Waals surface area contributed by atoms with Crippen molar-refractivity contribution < 1.29 is 9.90 Å². The second kappa shape index (κ2) is 6.69. The van der Waals surface area contributed by atoms with Crippen LogP contribution in [0.1, 0.15) is 46.3 Å². The molecule has 0 spiro atoms. The van der Waals surface area contributed by atoms with E-state index in [4.69, 9.17) is 0 Å². The van der Waals surface area contributed by atoms with Gasteiger partial charge in [-0.05, 0) is 44.2 Å². The predicted molar refractivity (Wildman–Crippen MR) is 89.6 cm³/mol. The number of aliphatic hydroxyl groups excluding tert-OH is 1. The van der Waals surface area contributed by atoms with Crippen molar-refractivity contribution in [3.05, 3.63) is 21.4 Å². The molecule has 1 aliphatic carbocycles. The summed E-state index contributed by atoms with van der Waals surface area (Å²) in [7, 11) is 0. The summed E-state index contributed by atoms with van der Waals surface area (Å²) in [4.78, 5) is 19.1. The number of carbonyl (C=O) groups excluding carboxylic acids is 1. The van der Waals surface area contributed by atoms with Crippen molar-refractivity contribution >= 4 is 17.2 Å². The molecule has 1 saturated heterocycles. The minimum absolute atomic E-state index is 0.172. The Bertz CT molecular complexity index is 535. The van der Waals surface area contributed by atoms with Crippen molar-refractivity contribution in [2.75, 3.05) is 26.2 Å². The normalized spacial score (nSPS) is 26.6. The van der Waals surface area contributed by atoms with Crippen LogP contribution in [0.2, 0.25) is 0 Å². The Morgan fingerprint density at radius 2 is 2.05 bits per heavy atom. The third-order valence-electron chi connectivity index (χ3n) is 5.13. The maximum Gasteiger partial charge on any atom is 0.264 e. The van der Waals surface area contributed by atoms with E-state index in [0.29, 0.717) is 6.04 Å². The third kappa shape index (κ3) is 3.07. The topological polar surface area (TPSA) is 43.8 Å². The van der Waals surface area contributed by atoms with Gasteiger partial charge in [0.1, 0.15) is 0 Å². The molecule has 5 heteroatoms. The molecule has 1 N–H and O–H groups in total. The van der Waals surface area contributed by atoms with Crippen molar-refractivity contribution in [1.82, 2.24) is 9.80 Å². The number of hydrogen-bond acceptors (Lipinski definition) is 4. The largest absolute Gasteiger partial charge is 0.391 e. The smallest absolute Gasteiger partial charge is 0.264 e. The first-order chi connectivity index (χ1) is 10.6. The highest BCUT2D eigenvalue weighted by molar-refractivity contribution is 7.14. The molecule has 0 aromatic carbocycles. The van der Waals surface area contributed by atoms with Crippen molar-refractivity contribution in [3.8, 4) is 0 Å². The molecule has 0 radical (unpaired) electrons. The average Bonchev–Trinajstić information content (AvgIpc) is 3.12. The molecule has 22 heavy (non-hydrogen) atoms. The molecule has 1 aromatic rings. The molecular weight excluding hydrogens is 296 g/mol. The molecule has 2 aliphatic rings. The van der Waals surface area contributed by atoms with Crippen LogP contribution in [0.5, 0.6) is 0 Å². The lowest BCUT2D eigenvalue weighted by Gasteiger charge is -2.39. The highest BCUT2D eigenvalue weighted by Gasteiger charge is 2.33. The predicted octanol–water partition coefficient (Wildman–Crippen LogP) is 2.29. The first kappa shape index (κ1) is 16.0. The maximum atomic E-state index is 12.6. The molecule has 4 nitrogen and oxygen atoms in total. The first-order valence-corrected chi connectivity index (χ1v) is 9.22. The Morgan fingerprint density at radius 3 is 2.59 bits per heavy atom. The van der Waals surface area contributed by atoms with E-state index in [1.807, 2.05) is 4.90 Å². The molecule has 1 aromatic heterocycles. The maximum absolute atomic E-state index is 12.6. The lowest BCUT2D eigenvalue weighted by Crippen LogP contribution is -2.53. The fourth-order valence-electron chi connectivity index (χ4n) is 3.74. The summed E-state index contributed by atoms with van der Waals surface area (Å²) in [6.07, 6.45) is 3.97. The average molecular weight is 322 g/mol. The number of piperazine rings is 1. The number of aryl methyl sites for hydroxylation is 2. The first-order valence-electron chi connectivity index (χ1n) is 8.41. The zero-order chi connectivity index (χ0) is 15.7. The van der Waals surface area contributed by atoms with Crippen LogP contribution in [0.4, 0.5) is 0 Å². The summed E-state index contributed by atoms with van der Waals surface area (Å²) >= 11 is 1.62. The quantitative estimate of drug-likeness (QED) is 0.928. The van der Waals surface area contributed by atoms with E-state index in [9.17, 15) is 9.90 Å². The van der Waals surface area contributed by atoms with Gasteiger partial charge in [-0.1, -0.05) is 6.92 Å². The minimum Gasteiger partial charge on any atom is -0.391 e. The number of amides is 1. The fourth-order valence-corrected chi connectivity index (χ4v) is 4.82. The molecule has 1 saturated carbocycles. The van der Waals surface area contributed by atoms with Gasteiger partial charge in [-0.25, -0.2) is 0 Å². The van der Waals surface area contributed by atoms with Crippen molar-refractivity contribution in [2.45, 2.75) is 51.7 Å². The molecule has 2 fully saturated rings. The molecule has 0 unspecified atom stereocenters. The Hall–Kier alpha value is -0.910. The van der Waals surface area contributed by atoms with Gasteiger partial charge >= 0.3 is 0 Å². The van der Waals surface area contributed by atoms with Crippen molar-refractivity contribution in [2.24, 2.45) is 0 Å². The number of nitrogens with zero attached hydrogens (tertiary/aromatic N) is 2. The molecule has 2 heterocycles. The molecule has 0 bridgehead atoms.